The van der Waals surface area contributed by atoms with Crippen LogP contribution >= 0.6 is 0 Å². The van der Waals surface area contributed by atoms with Gasteiger partial charge in [-0.3, -0.25) is 14.5 Å². The van der Waals surface area contributed by atoms with Crippen molar-refractivity contribution in [1.29, 1.82) is 0 Å². The molecule has 23 heavy (non-hydrogen) atoms. The zero-order valence-electron chi connectivity index (χ0n) is 14.0. The summed E-state index contributed by atoms with van der Waals surface area (Å²) in [6, 6.07) is 8.29. The van der Waals surface area contributed by atoms with Crippen LogP contribution in [0.25, 0.3) is 0 Å². The number of nitrogens with zero attached hydrogens (tertiary/aromatic N) is 1. The summed E-state index contributed by atoms with van der Waals surface area (Å²) in [4.78, 5) is 25.6. The zero-order valence-corrected chi connectivity index (χ0v) is 14.0. The number of amides is 2. The van der Waals surface area contributed by atoms with E-state index in [0.29, 0.717) is 19.4 Å². The number of benzene rings is 1. The minimum Gasteiger partial charge on any atom is -0.370 e. The van der Waals surface area contributed by atoms with Crippen LogP contribution in [0.3, 0.4) is 0 Å². The Labute approximate surface area is 138 Å². The number of rotatable bonds is 7. The fourth-order valence-electron chi connectivity index (χ4n) is 3.22. The van der Waals surface area contributed by atoms with E-state index in [1.807, 2.05) is 0 Å². The molecule has 1 aliphatic heterocycles. The van der Waals surface area contributed by atoms with Crippen molar-refractivity contribution in [2.75, 3.05) is 13.1 Å². The van der Waals surface area contributed by atoms with Gasteiger partial charge >= 0.3 is 0 Å². The van der Waals surface area contributed by atoms with E-state index in [0.717, 1.165) is 19.5 Å². The third kappa shape index (κ3) is 4.79. The molecular formula is C18H27N3O2. The van der Waals surface area contributed by atoms with Crippen molar-refractivity contribution in [2.24, 2.45) is 11.7 Å². The first kappa shape index (κ1) is 17.5. The van der Waals surface area contributed by atoms with Crippen molar-refractivity contribution in [1.82, 2.24) is 10.2 Å². The van der Waals surface area contributed by atoms with Crippen molar-refractivity contribution in [3.8, 4) is 0 Å². The standard InChI is InChI=1S/C18H27N3O2/c1-13(2)17(18(23)20-10-5-8-16(19)22)21-11-9-14-6-3-4-7-15(14)12-21/h3-4,6-7,13,17H,5,8-12H2,1-2H3,(H2,19,22)(H,20,23)/t17-/m1/s1. The molecule has 0 saturated carbocycles. The summed E-state index contributed by atoms with van der Waals surface area (Å²) in [5.41, 5.74) is 7.81. The smallest absolute Gasteiger partial charge is 0.237 e. The van der Waals surface area contributed by atoms with Gasteiger partial charge in [0.1, 0.15) is 0 Å². The van der Waals surface area contributed by atoms with Crippen LogP contribution in [0.4, 0.5) is 0 Å². The average Bonchev–Trinajstić information content (AvgIpc) is 2.51. The fraction of sp³-hybridized carbons (Fsp3) is 0.556. The minimum absolute atomic E-state index is 0.0452. The third-order valence-electron chi connectivity index (χ3n) is 4.35. The molecule has 0 spiro atoms. The van der Waals surface area contributed by atoms with Gasteiger partial charge in [0.2, 0.25) is 11.8 Å². The van der Waals surface area contributed by atoms with E-state index >= 15 is 0 Å². The monoisotopic (exact) mass is 317 g/mol. The predicted molar refractivity (Wildman–Crippen MR) is 90.6 cm³/mol. The molecule has 0 unspecified atom stereocenters. The molecule has 5 nitrogen and oxygen atoms in total. The molecular weight excluding hydrogens is 290 g/mol. The molecule has 2 amide bonds. The molecule has 0 saturated heterocycles. The van der Waals surface area contributed by atoms with Gasteiger partial charge in [0.05, 0.1) is 6.04 Å². The van der Waals surface area contributed by atoms with Gasteiger partial charge in [0, 0.05) is 26.1 Å². The Morgan fingerprint density at radius 3 is 2.61 bits per heavy atom. The molecule has 5 heteroatoms. The van der Waals surface area contributed by atoms with Crippen molar-refractivity contribution < 1.29 is 9.59 Å². The first-order valence-electron chi connectivity index (χ1n) is 8.36. The van der Waals surface area contributed by atoms with Gasteiger partial charge in [-0.05, 0) is 29.9 Å². The van der Waals surface area contributed by atoms with Crippen LogP contribution in [0, 0.1) is 5.92 Å². The molecule has 3 N–H and O–H groups in total. The highest BCUT2D eigenvalue weighted by Crippen LogP contribution is 2.23. The molecule has 2 rings (SSSR count). The van der Waals surface area contributed by atoms with Gasteiger partial charge in [-0.25, -0.2) is 0 Å². The molecule has 0 aromatic heterocycles. The van der Waals surface area contributed by atoms with Crippen molar-refractivity contribution in [3.63, 3.8) is 0 Å². The molecule has 1 atom stereocenters. The van der Waals surface area contributed by atoms with Crippen LogP contribution in [0.2, 0.25) is 0 Å². The molecule has 1 aliphatic rings. The molecule has 1 aromatic rings. The fourth-order valence-corrected chi connectivity index (χ4v) is 3.22. The van der Waals surface area contributed by atoms with Crippen LogP contribution in [-0.4, -0.2) is 35.8 Å². The van der Waals surface area contributed by atoms with E-state index in [-0.39, 0.29) is 23.8 Å². The molecule has 0 aliphatic carbocycles. The number of fused-ring (bicyclic) bond motifs is 1. The lowest BCUT2D eigenvalue weighted by molar-refractivity contribution is -0.128. The Morgan fingerprint density at radius 1 is 1.26 bits per heavy atom. The molecule has 1 aromatic carbocycles. The normalized spacial score (nSPS) is 16.0. The average molecular weight is 317 g/mol. The van der Waals surface area contributed by atoms with Crippen LogP contribution in [0.15, 0.2) is 24.3 Å². The second-order valence-corrected chi connectivity index (χ2v) is 6.54. The molecule has 126 valence electrons. The predicted octanol–water partition coefficient (Wildman–Crippen LogP) is 1.45. The molecule has 1 heterocycles. The third-order valence-corrected chi connectivity index (χ3v) is 4.35. The van der Waals surface area contributed by atoms with Gasteiger partial charge < -0.3 is 11.1 Å². The second-order valence-electron chi connectivity index (χ2n) is 6.54. The van der Waals surface area contributed by atoms with Crippen LogP contribution in [0.1, 0.15) is 37.8 Å². The number of hydrogen-bond donors (Lipinski definition) is 2. The first-order valence-corrected chi connectivity index (χ1v) is 8.36. The number of carbonyl (C=O) groups is 2. The SMILES string of the molecule is CC(C)[C@H](C(=O)NCCCC(N)=O)N1CCc2ccccc2C1. The lowest BCUT2D eigenvalue weighted by Crippen LogP contribution is -2.51. The summed E-state index contributed by atoms with van der Waals surface area (Å²) in [7, 11) is 0. The second kappa shape index (κ2) is 8.11. The van der Waals surface area contributed by atoms with Gasteiger partial charge in [-0.2, -0.15) is 0 Å². The van der Waals surface area contributed by atoms with Gasteiger partial charge in [0.15, 0.2) is 0 Å². The van der Waals surface area contributed by atoms with E-state index in [1.54, 1.807) is 0 Å². The van der Waals surface area contributed by atoms with Gasteiger partial charge in [0.25, 0.3) is 0 Å². The lowest BCUT2D eigenvalue weighted by Gasteiger charge is -2.36. The Balaban J connectivity index is 1.96. The number of nitrogens with one attached hydrogen (secondary N) is 1. The molecule has 0 fully saturated rings. The topological polar surface area (TPSA) is 75.4 Å². The summed E-state index contributed by atoms with van der Waals surface area (Å²) in [6.45, 7) is 6.36. The number of primary amides is 1. The molecule has 0 bridgehead atoms. The van der Waals surface area contributed by atoms with Crippen molar-refractivity contribution in [3.05, 3.63) is 35.4 Å². The van der Waals surface area contributed by atoms with E-state index in [9.17, 15) is 9.59 Å². The maximum Gasteiger partial charge on any atom is 0.237 e. The summed E-state index contributed by atoms with van der Waals surface area (Å²) in [6.07, 6.45) is 1.88. The number of nitrogens with two attached hydrogens (primary N) is 1. The highest BCUT2D eigenvalue weighted by atomic mass is 16.2. The largest absolute Gasteiger partial charge is 0.370 e. The summed E-state index contributed by atoms with van der Waals surface area (Å²) >= 11 is 0. The van der Waals surface area contributed by atoms with Crippen LogP contribution < -0.4 is 11.1 Å². The maximum atomic E-state index is 12.6. The Bertz CT molecular complexity index is 557. The Hall–Kier alpha value is -1.88. The minimum atomic E-state index is -0.327. The maximum absolute atomic E-state index is 12.6. The quantitative estimate of drug-likeness (QED) is 0.748. The van der Waals surface area contributed by atoms with E-state index < -0.39 is 0 Å². The number of hydrogen-bond acceptors (Lipinski definition) is 3. The summed E-state index contributed by atoms with van der Waals surface area (Å²) in [5.74, 6) is -0.0486. The number of carbonyl (C=O) groups excluding carboxylic acids is 2. The van der Waals surface area contributed by atoms with Crippen LogP contribution in [-0.2, 0) is 22.6 Å². The van der Waals surface area contributed by atoms with Gasteiger partial charge in [-0.15, -0.1) is 0 Å². The van der Waals surface area contributed by atoms with Crippen molar-refractivity contribution >= 4 is 11.8 Å². The summed E-state index contributed by atoms with van der Waals surface area (Å²) in [5, 5.41) is 2.95. The van der Waals surface area contributed by atoms with Crippen molar-refractivity contribution in [2.45, 2.75) is 45.7 Å². The van der Waals surface area contributed by atoms with E-state index in [4.69, 9.17) is 5.73 Å². The van der Waals surface area contributed by atoms with E-state index in [2.05, 4.69) is 48.3 Å². The van der Waals surface area contributed by atoms with E-state index in [1.165, 1.54) is 11.1 Å². The lowest BCUT2D eigenvalue weighted by atomic mass is 9.94. The van der Waals surface area contributed by atoms with Gasteiger partial charge in [-0.1, -0.05) is 38.1 Å². The summed E-state index contributed by atoms with van der Waals surface area (Å²) < 4.78 is 0. The first-order chi connectivity index (χ1) is 11.0. The van der Waals surface area contributed by atoms with Crippen LogP contribution in [0.5, 0.6) is 0 Å². The highest BCUT2D eigenvalue weighted by Gasteiger charge is 2.30. The Kier molecular flexibility index (Phi) is 6.16. The molecule has 0 radical (unpaired) electrons. The highest BCUT2D eigenvalue weighted by molar-refractivity contribution is 5.82. The Morgan fingerprint density at radius 2 is 1.96 bits per heavy atom. The zero-order chi connectivity index (χ0) is 16.8.